The monoisotopic (exact) mass is 272 g/mol. The van der Waals surface area contributed by atoms with Gasteiger partial charge in [0.2, 0.25) is 5.91 Å². The topological polar surface area (TPSA) is 33.2 Å². The van der Waals surface area contributed by atoms with Gasteiger partial charge in [-0.15, -0.1) is 6.58 Å². The van der Waals surface area contributed by atoms with E-state index < -0.39 is 0 Å². The van der Waals surface area contributed by atoms with Crippen LogP contribution in [0.4, 0.5) is 0 Å². The average molecular weight is 272 g/mol. The molecule has 2 aromatic heterocycles. The van der Waals surface area contributed by atoms with Gasteiger partial charge in [0, 0.05) is 25.0 Å². The van der Waals surface area contributed by atoms with E-state index in [0.29, 0.717) is 19.5 Å². The van der Waals surface area contributed by atoms with Crippen molar-refractivity contribution in [2.24, 2.45) is 0 Å². The number of hydrogen-bond acceptors (Lipinski definition) is 3. The summed E-state index contributed by atoms with van der Waals surface area (Å²) in [4.78, 5) is 18.3. The number of amides is 1. The van der Waals surface area contributed by atoms with Crippen molar-refractivity contribution in [2.75, 3.05) is 6.54 Å². The standard InChI is InChI=1S/C15H16N2OS/c1-2-8-17(11-13-6-9-19-12-13)15(18)10-14-5-3-4-7-16-14/h2-7,9,12H,1,8,10-11H2. The lowest BCUT2D eigenvalue weighted by atomic mass is 10.2. The molecule has 1 amide bonds. The predicted octanol–water partition coefficient (Wildman–Crippen LogP) is 2.90. The van der Waals surface area contributed by atoms with E-state index in [1.807, 2.05) is 29.6 Å². The van der Waals surface area contributed by atoms with E-state index in [1.54, 1.807) is 28.5 Å². The average Bonchev–Trinajstić information content (AvgIpc) is 2.92. The molecule has 0 aliphatic rings. The molecule has 98 valence electrons. The molecule has 0 aliphatic carbocycles. The Kier molecular flexibility index (Phi) is 4.86. The van der Waals surface area contributed by atoms with E-state index in [2.05, 4.69) is 16.9 Å². The Labute approximate surface area is 117 Å². The predicted molar refractivity (Wildman–Crippen MR) is 77.9 cm³/mol. The van der Waals surface area contributed by atoms with Crippen molar-refractivity contribution in [3.05, 3.63) is 65.1 Å². The Hall–Kier alpha value is -1.94. The molecule has 19 heavy (non-hydrogen) atoms. The molecule has 2 aromatic rings. The first-order chi connectivity index (χ1) is 9.29. The molecular formula is C15H16N2OS. The summed E-state index contributed by atoms with van der Waals surface area (Å²) in [5.74, 6) is 0.0739. The number of pyridine rings is 1. The van der Waals surface area contributed by atoms with Gasteiger partial charge in [0.25, 0.3) is 0 Å². The fourth-order valence-corrected chi connectivity index (χ4v) is 2.44. The van der Waals surface area contributed by atoms with Crippen molar-refractivity contribution in [1.82, 2.24) is 9.88 Å². The molecule has 0 saturated carbocycles. The van der Waals surface area contributed by atoms with Crippen LogP contribution >= 0.6 is 11.3 Å². The second-order valence-electron chi connectivity index (χ2n) is 4.19. The Morgan fingerprint density at radius 3 is 2.95 bits per heavy atom. The van der Waals surface area contributed by atoms with Gasteiger partial charge in [-0.1, -0.05) is 12.1 Å². The maximum absolute atomic E-state index is 12.3. The van der Waals surface area contributed by atoms with Gasteiger partial charge in [-0.25, -0.2) is 0 Å². The molecule has 0 atom stereocenters. The van der Waals surface area contributed by atoms with Crippen LogP contribution < -0.4 is 0 Å². The zero-order valence-corrected chi connectivity index (χ0v) is 11.5. The molecule has 3 nitrogen and oxygen atoms in total. The Morgan fingerprint density at radius 2 is 2.32 bits per heavy atom. The summed E-state index contributed by atoms with van der Waals surface area (Å²) in [5.41, 5.74) is 1.95. The molecule has 0 bridgehead atoms. The number of hydrogen-bond donors (Lipinski definition) is 0. The molecule has 2 heterocycles. The third kappa shape index (κ3) is 4.03. The van der Waals surface area contributed by atoms with Gasteiger partial charge in [-0.05, 0) is 34.5 Å². The Morgan fingerprint density at radius 1 is 1.42 bits per heavy atom. The number of carbonyl (C=O) groups is 1. The van der Waals surface area contributed by atoms with Crippen molar-refractivity contribution < 1.29 is 4.79 Å². The Balaban J connectivity index is 2.02. The highest BCUT2D eigenvalue weighted by molar-refractivity contribution is 7.07. The molecule has 0 N–H and O–H groups in total. The summed E-state index contributed by atoms with van der Waals surface area (Å²) >= 11 is 1.64. The summed E-state index contributed by atoms with van der Waals surface area (Å²) in [6.07, 6.45) is 3.79. The SMILES string of the molecule is C=CCN(Cc1ccsc1)C(=O)Cc1ccccn1. The number of nitrogens with zero attached hydrogens (tertiary/aromatic N) is 2. The fraction of sp³-hybridized carbons (Fsp3) is 0.200. The Bertz CT molecular complexity index is 522. The van der Waals surface area contributed by atoms with E-state index in [4.69, 9.17) is 0 Å². The molecule has 0 aromatic carbocycles. The first-order valence-corrected chi connectivity index (χ1v) is 7.03. The zero-order chi connectivity index (χ0) is 13.5. The second-order valence-corrected chi connectivity index (χ2v) is 4.97. The summed E-state index contributed by atoms with van der Waals surface area (Å²) in [6.45, 7) is 4.90. The summed E-state index contributed by atoms with van der Waals surface area (Å²) in [5, 5.41) is 4.08. The molecule has 0 radical (unpaired) electrons. The highest BCUT2D eigenvalue weighted by Gasteiger charge is 2.13. The van der Waals surface area contributed by atoms with Crippen molar-refractivity contribution in [1.29, 1.82) is 0 Å². The van der Waals surface area contributed by atoms with Gasteiger partial charge in [0.1, 0.15) is 0 Å². The van der Waals surface area contributed by atoms with Gasteiger partial charge in [-0.2, -0.15) is 11.3 Å². The van der Waals surface area contributed by atoms with Crippen LogP contribution in [0.1, 0.15) is 11.3 Å². The molecule has 0 spiro atoms. The number of rotatable bonds is 6. The molecule has 4 heteroatoms. The molecule has 0 saturated heterocycles. The molecular weight excluding hydrogens is 256 g/mol. The van der Waals surface area contributed by atoms with Gasteiger partial charge in [-0.3, -0.25) is 9.78 Å². The summed E-state index contributed by atoms with van der Waals surface area (Å²) < 4.78 is 0. The van der Waals surface area contributed by atoms with Crippen LogP contribution in [0.5, 0.6) is 0 Å². The number of carbonyl (C=O) groups excluding carboxylic acids is 1. The molecule has 0 unspecified atom stereocenters. The lowest BCUT2D eigenvalue weighted by molar-refractivity contribution is -0.130. The van der Waals surface area contributed by atoms with Gasteiger partial charge >= 0.3 is 0 Å². The van der Waals surface area contributed by atoms with Crippen LogP contribution in [-0.2, 0) is 17.8 Å². The van der Waals surface area contributed by atoms with Gasteiger partial charge in [0.05, 0.1) is 6.42 Å². The summed E-state index contributed by atoms with van der Waals surface area (Å²) in [7, 11) is 0. The van der Waals surface area contributed by atoms with Crippen LogP contribution in [-0.4, -0.2) is 22.3 Å². The van der Waals surface area contributed by atoms with Crippen molar-refractivity contribution >= 4 is 17.2 Å². The molecule has 2 rings (SSSR count). The quantitative estimate of drug-likeness (QED) is 0.758. The lowest BCUT2D eigenvalue weighted by Crippen LogP contribution is -2.32. The van der Waals surface area contributed by atoms with E-state index in [-0.39, 0.29) is 5.91 Å². The first kappa shape index (κ1) is 13.5. The maximum atomic E-state index is 12.3. The van der Waals surface area contributed by atoms with Crippen molar-refractivity contribution in [2.45, 2.75) is 13.0 Å². The highest BCUT2D eigenvalue weighted by Crippen LogP contribution is 2.11. The van der Waals surface area contributed by atoms with Crippen LogP contribution in [0.3, 0.4) is 0 Å². The minimum absolute atomic E-state index is 0.0739. The minimum Gasteiger partial charge on any atom is -0.334 e. The second kappa shape index (κ2) is 6.85. The smallest absolute Gasteiger partial charge is 0.229 e. The zero-order valence-electron chi connectivity index (χ0n) is 10.7. The van der Waals surface area contributed by atoms with Crippen LogP contribution in [0.15, 0.2) is 53.9 Å². The van der Waals surface area contributed by atoms with E-state index in [0.717, 1.165) is 11.3 Å². The van der Waals surface area contributed by atoms with Gasteiger partial charge in [0.15, 0.2) is 0 Å². The normalized spacial score (nSPS) is 10.1. The van der Waals surface area contributed by atoms with Crippen LogP contribution in [0.2, 0.25) is 0 Å². The molecule has 0 aliphatic heterocycles. The van der Waals surface area contributed by atoms with E-state index in [1.165, 1.54) is 0 Å². The van der Waals surface area contributed by atoms with E-state index >= 15 is 0 Å². The number of thiophene rings is 1. The van der Waals surface area contributed by atoms with E-state index in [9.17, 15) is 4.79 Å². The fourth-order valence-electron chi connectivity index (χ4n) is 1.78. The van der Waals surface area contributed by atoms with Gasteiger partial charge < -0.3 is 4.90 Å². The third-order valence-electron chi connectivity index (χ3n) is 2.71. The minimum atomic E-state index is 0.0739. The lowest BCUT2D eigenvalue weighted by Gasteiger charge is -2.20. The number of aromatic nitrogens is 1. The highest BCUT2D eigenvalue weighted by atomic mass is 32.1. The van der Waals surface area contributed by atoms with Crippen LogP contribution in [0.25, 0.3) is 0 Å². The third-order valence-corrected chi connectivity index (χ3v) is 3.45. The van der Waals surface area contributed by atoms with Crippen molar-refractivity contribution in [3.8, 4) is 0 Å². The first-order valence-electron chi connectivity index (χ1n) is 6.09. The summed E-state index contributed by atoms with van der Waals surface area (Å²) in [6, 6.07) is 7.65. The largest absolute Gasteiger partial charge is 0.334 e. The van der Waals surface area contributed by atoms with Crippen molar-refractivity contribution in [3.63, 3.8) is 0 Å². The molecule has 0 fully saturated rings. The van der Waals surface area contributed by atoms with Crippen LogP contribution in [0, 0.1) is 0 Å². The maximum Gasteiger partial charge on any atom is 0.229 e.